The van der Waals surface area contributed by atoms with Crippen LogP contribution in [0.25, 0.3) is 5.82 Å². The number of nitrogens with zero attached hydrogens (tertiary/aromatic N) is 4. The molecule has 1 unspecified atom stereocenters. The molecule has 0 fully saturated rings. The van der Waals surface area contributed by atoms with Gasteiger partial charge in [0.2, 0.25) is 0 Å². The molecule has 0 aliphatic carbocycles. The summed E-state index contributed by atoms with van der Waals surface area (Å²) in [6.45, 7) is 0.574. The van der Waals surface area contributed by atoms with Crippen molar-refractivity contribution in [3.8, 4) is 11.6 Å². The molecule has 0 radical (unpaired) electrons. The first kappa shape index (κ1) is 14.4. The number of hydrogen-bond acceptors (Lipinski definition) is 5. The molecule has 3 aromatic rings. The van der Waals surface area contributed by atoms with Crippen molar-refractivity contribution in [3.63, 3.8) is 0 Å². The highest BCUT2D eigenvalue weighted by Crippen LogP contribution is 2.31. The maximum absolute atomic E-state index is 12.8. The summed E-state index contributed by atoms with van der Waals surface area (Å²) < 4.78 is 7.12. The molecule has 0 saturated carbocycles. The van der Waals surface area contributed by atoms with Crippen LogP contribution in [0, 0.1) is 0 Å². The average molecular weight is 321 g/mol. The monoisotopic (exact) mass is 321 g/mol. The quantitative estimate of drug-likeness (QED) is 0.797. The summed E-state index contributed by atoms with van der Waals surface area (Å²) >= 11 is 0. The molecule has 0 saturated heterocycles. The largest absolute Gasteiger partial charge is 0.493 e. The minimum Gasteiger partial charge on any atom is -0.493 e. The highest BCUT2D eigenvalue weighted by atomic mass is 16.5. The number of carbonyl (C=O) groups excluding carboxylic acids is 1. The maximum atomic E-state index is 12.8. The van der Waals surface area contributed by atoms with Crippen molar-refractivity contribution < 1.29 is 9.53 Å². The Morgan fingerprint density at radius 1 is 1.25 bits per heavy atom. The number of aromatic nitrogens is 4. The number of carbonyl (C=O) groups is 1. The van der Waals surface area contributed by atoms with Gasteiger partial charge in [0.05, 0.1) is 18.2 Å². The van der Waals surface area contributed by atoms with Crippen LogP contribution >= 0.6 is 0 Å². The van der Waals surface area contributed by atoms with E-state index in [0.29, 0.717) is 18.0 Å². The average Bonchev–Trinajstić information content (AvgIpc) is 3.16. The van der Waals surface area contributed by atoms with Crippen molar-refractivity contribution in [2.75, 3.05) is 6.61 Å². The van der Waals surface area contributed by atoms with E-state index in [1.165, 1.54) is 17.3 Å². The van der Waals surface area contributed by atoms with E-state index >= 15 is 0 Å². The number of amides is 1. The lowest BCUT2D eigenvalue weighted by atomic mass is 10.00. The van der Waals surface area contributed by atoms with Gasteiger partial charge in [-0.25, -0.2) is 14.6 Å². The molecule has 24 heavy (non-hydrogen) atoms. The second-order valence-corrected chi connectivity index (χ2v) is 5.42. The Labute approximate surface area is 138 Å². The summed E-state index contributed by atoms with van der Waals surface area (Å²) in [6, 6.07) is 11.1. The smallest absolute Gasteiger partial charge is 0.255 e. The van der Waals surface area contributed by atoms with Gasteiger partial charge in [0.25, 0.3) is 5.91 Å². The molecule has 7 heteroatoms. The van der Waals surface area contributed by atoms with E-state index in [1.807, 2.05) is 24.3 Å². The summed E-state index contributed by atoms with van der Waals surface area (Å²) in [6.07, 6.45) is 5.27. The fourth-order valence-electron chi connectivity index (χ4n) is 2.80. The Kier molecular flexibility index (Phi) is 3.66. The first-order valence-corrected chi connectivity index (χ1v) is 7.65. The molecule has 1 aliphatic heterocycles. The predicted octanol–water partition coefficient (Wildman–Crippen LogP) is 1.92. The summed E-state index contributed by atoms with van der Waals surface area (Å²) in [5, 5.41) is 7.13. The van der Waals surface area contributed by atoms with E-state index < -0.39 is 0 Å². The lowest BCUT2D eigenvalue weighted by molar-refractivity contribution is 0.0924. The zero-order chi connectivity index (χ0) is 16.4. The van der Waals surface area contributed by atoms with Crippen LogP contribution in [0.15, 0.2) is 55.2 Å². The predicted molar refractivity (Wildman–Crippen MR) is 85.9 cm³/mol. The first-order valence-electron chi connectivity index (χ1n) is 7.65. The third-order valence-corrected chi connectivity index (χ3v) is 3.93. The molecular formula is C17H15N5O2. The molecular weight excluding hydrogens is 306 g/mol. The van der Waals surface area contributed by atoms with Gasteiger partial charge in [-0.2, -0.15) is 5.10 Å². The molecule has 1 amide bonds. The molecule has 2 aromatic heterocycles. The Morgan fingerprint density at radius 2 is 2.17 bits per heavy atom. The number of rotatable bonds is 3. The highest BCUT2D eigenvalue weighted by molar-refractivity contribution is 5.97. The van der Waals surface area contributed by atoms with Crippen LogP contribution in [0.3, 0.4) is 0 Å². The molecule has 0 bridgehead atoms. The number of ether oxygens (including phenoxy) is 1. The van der Waals surface area contributed by atoms with Gasteiger partial charge in [0, 0.05) is 18.2 Å². The van der Waals surface area contributed by atoms with Crippen molar-refractivity contribution in [1.29, 1.82) is 0 Å². The zero-order valence-electron chi connectivity index (χ0n) is 12.8. The van der Waals surface area contributed by atoms with Crippen LogP contribution in [0.2, 0.25) is 0 Å². The summed E-state index contributed by atoms with van der Waals surface area (Å²) in [7, 11) is 0. The van der Waals surface area contributed by atoms with Gasteiger partial charge in [0.15, 0.2) is 5.82 Å². The van der Waals surface area contributed by atoms with Crippen molar-refractivity contribution in [2.45, 2.75) is 12.5 Å². The number of nitrogens with one attached hydrogen (secondary N) is 1. The third kappa shape index (κ3) is 2.60. The van der Waals surface area contributed by atoms with Crippen LogP contribution in [-0.2, 0) is 0 Å². The molecule has 120 valence electrons. The molecule has 1 aliphatic rings. The van der Waals surface area contributed by atoms with Crippen molar-refractivity contribution in [3.05, 3.63) is 66.4 Å². The normalized spacial score (nSPS) is 16.1. The van der Waals surface area contributed by atoms with Crippen LogP contribution in [0.1, 0.15) is 28.4 Å². The fraction of sp³-hybridized carbons (Fsp3) is 0.176. The number of fused-ring (bicyclic) bond motifs is 1. The van der Waals surface area contributed by atoms with Crippen LogP contribution in [-0.4, -0.2) is 32.3 Å². The van der Waals surface area contributed by atoms with E-state index in [4.69, 9.17) is 4.74 Å². The number of benzene rings is 1. The highest BCUT2D eigenvalue weighted by Gasteiger charge is 2.24. The van der Waals surface area contributed by atoms with Crippen LogP contribution in [0.5, 0.6) is 5.75 Å². The molecule has 3 heterocycles. The summed E-state index contributed by atoms with van der Waals surface area (Å²) in [4.78, 5) is 20.9. The van der Waals surface area contributed by atoms with E-state index in [0.717, 1.165) is 17.7 Å². The second-order valence-electron chi connectivity index (χ2n) is 5.42. The zero-order valence-corrected chi connectivity index (χ0v) is 12.8. The Hall–Kier alpha value is -3.22. The van der Waals surface area contributed by atoms with E-state index in [1.54, 1.807) is 18.3 Å². The van der Waals surface area contributed by atoms with Gasteiger partial charge < -0.3 is 10.1 Å². The van der Waals surface area contributed by atoms with Crippen LogP contribution in [0.4, 0.5) is 0 Å². The molecule has 4 rings (SSSR count). The SMILES string of the molecule is O=C(NC1CCOc2ccccc21)c1cccnc1-n1cncn1. The minimum atomic E-state index is -0.199. The van der Waals surface area contributed by atoms with Gasteiger partial charge in [-0.15, -0.1) is 0 Å². The Bertz CT molecular complexity index is 863. The van der Waals surface area contributed by atoms with Gasteiger partial charge in [-0.05, 0) is 18.2 Å². The van der Waals surface area contributed by atoms with Crippen molar-refractivity contribution in [2.24, 2.45) is 0 Å². The maximum Gasteiger partial charge on any atom is 0.255 e. The fourth-order valence-corrected chi connectivity index (χ4v) is 2.80. The number of para-hydroxylation sites is 1. The van der Waals surface area contributed by atoms with Gasteiger partial charge in [-0.3, -0.25) is 4.79 Å². The van der Waals surface area contributed by atoms with E-state index in [9.17, 15) is 4.79 Å². The molecule has 1 aromatic carbocycles. The molecule has 1 atom stereocenters. The summed E-state index contributed by atoms with van der Waals surface area (Å²) in [5.41, 5.74) is 1.44. The Morgan fingerprint density at radius 3 is 3.04 bits per heavy atom. The lowest BCUT2D eigenvalue weighted by Gasteiger charge is -2.26. The van der Waals surface area contributed by atoms with Gasteiger partial charge in [-0.1, -0.05) is 18.2 Å². The summed E-state index contributed by atoms with van der Waals surface area (Å²) in [5.74, 6) is 1.07. The van der Waals surface area contributed by atoms with Crippen LogP contribution < -0.4 is 10.1 Å². The molecule has 7 nitrogen and oxygen atoms in total. The topological polar surface area (TPSA) is 81.9 Å². The molecule has 0 spiro atoms. The minimum absolute atomic E-state index is 0.0914. The van der Waals surface area contributed by atoms with E-state index in [2.05, 4.69) is 20.4 Å². The third-order valence-electron chi connectivity index (χ3n) is 3.93. The van der Waals surface area contributed by atoms with Crippen molar-refractivity contribution in [1.82, 2.24) is 25.1 Å². The number of hydrogen-bond donors (Lipinski definition) is 1. The van der Waals surface area contributed by atoms with Gasteiger partial charge in [0.1, 0.15) is 18.4 Å². The Balaban J connectivity index is 1.63. The van der Waals surface area contributed by atoms with Gasteiger partial charge >= 0.3 is 0 Å². The standard InChI is InChI=1S/C17H15N5O2/c23-17(13-5-3-8-19-16(13)22-11-18-10-20-22)21-14-7-9-24-15-6-2-1-4-12(14)15/h1-6,8,10-11,14H,7,9H2,(H,21,23). The van der Waals surface area contributed by atoms with Crippen molar-refractivity contribution >= 4 is 5.91 Å². The second kappa shape index (κ2) is 6.11. The molecule has 1 N–H and O–H groups in total. The first-order chi connectivity index (χ1) is 11.8. The lowest BCUT2D eigenvalue weighted by Crippen LogP contribution is -2.33. The van der Waals surface area contributed by atoms with E-state index in [-0.39, 0.29) is 11.9 Å². The number of pyridine rings is 1.